The summed E-state index contributed by atoms with van der Waals surface area (Å²) < 4.78 is 5.49. The minimum atomic E-state index is 0.656. The van der Waals surface area contributed by atoms with E-state index in [9.17, 15) is 0 Å². The molecule has 0 aromatic heterocycles. The number of methoxy groups -OCH3 is 1. The minimum Gasteiger partial charge on any atom is -0.496 e. The molecule has 1 N–H and O–H groups in total. The number of likely N-dealkylation sites (N-methyl/N-ethyl adjacent to an activating group) is 1. The van der Waals surface area contributed by atoms with Crippen LogP contribution in [0, 0.1) is 6.92 Å². The quantitative estimate of drug-likeness (QED) is 0.882. The molecule has 0 saturated carbocycles. The molecule has 19 heavy (non-hydrogen) atoms. The number of nitrogens with zero attached hydrogens (tertiary/aromatic N) is 1. The second-order valence-electron chi connectivity index (χ2n) is 5.49. The smallest absolute Gasteiger partial charge is 0.123 e. The van der Waals surface area contributed by atoms with E-state index < -0.39 is 0 Å². The Morgan fingerprint density at radius 2 is 2.21 bits per heavy atom. The van der Waals surface area contributed by atoms with Gasteiger partial charge in [0.15, 0.2) is 0 Å². The summed E-state index contributed by atoms with van der Waals surface area (Å²) in [5, 5.41) is 3.32. The van der Waals surface area contributed by atoms with Gasteiger partial charge in [-0.1, -0.05) is 24.1 Å². The molecule has 1 fully saturated rings. The zero-order valence-corrected chi connectivity index (χ0v) is 12.4. The van der Waals surface area contributed by atoms with E-state index in [-0.39, 0.29) is 0 Å². The van der Waals surface area contributed by atoms with Crippen LogP contribution in [0.4, 0.5) is 0 Å². The summed E-state index contributed by atoms with van der Waals surface area (Å²) in [5.74, 6) is 1.01. The second-order valence-corrected chi connectivity index (χ2v) is 5.49. The number of aryl methyl sites for hydroxylation is 1. The lowest BCUT2D eigenvalue weighted by molar-refractivity contribution is 0.138. The van der Waals surface area contributed by atoms with E-state index in [4.69, 9.17) is 4.74 Å². The lowest BCUT2D eigenvalue weighted by atomic mass is 10.0. The van der Waals surface area contributed by atoms with E-state index in [1.165, 1.54) is 36.9 Å². The molecule has 0 bridgehead atoms. The molecule has 106 valence electrons. The van der Waals surface area contributed by atoms with Gasteiger partial charge >= 0.3 is 0 Å². The van der Waals surface area contributed by atoms with Gasteiger partial charge in [-0.25, -0.2) is 0 Å². The Balaban J connectivity index is 2.11. The van der Waals surface area contributed by atoms with Gasteiger partial charge in [0, 0.05) is 24.7 Å². The minimum absolute atomic E-state index is 0.656. The summed E-state index contributed by atoms with van der Waals surface area (Å²) in [7, 11) is 3.80. The van der Waals surface area contributed by atoms with Crippen molar-refractivity contribution in [1.29, 1.82) is 0 Å². The topological polar surface area (TPSA) is 24.5 Å². The summed E-state index contributed by atoms with van der Waals surface area (Å²) in [6, 6.07) is 7.11. The van der Waals surface area contributed by atoms with Gasteiger partial charge in [-0.3, -0.25) is 4.90 Å². The van der Waals surface area contributed by atoms with Crippen molar-refractivity contribution >= 4 is 0 Å². The molecule has 1 aliphatic heterocycles. The third-order valence-electron chi connectivity index (χ3n) is 4.00. The van der Waals surface area contributed by atoms with Crippen LogP contribution < -0.4 is 10.1 Å². The molecule has 0 spiro atoms. The van der Waals surface area contributed by atoms with Crippen LogP contribution in [0.3, 0.4) is 0 Å². The van der Waals surface area contributed by atoms with Crippen LogP contribution in [0.1, 0.15) is 30.4 Å². The number of nitrogens with one attached hydrogen (secondary N) is 1. The molecule has 1 aliphatic rings. The molecule has 0 aliphatic carbocycles. The van der Waals surface area contributed by atoms with E-state index in [2.05, 4.69) is 35.3 Å². The molecule has 2 rings (SSSR count). The average Bonchev–Trinajstić information content (AvgIpc) is 2.42. The van der Waals surface area contributed by atoms with Crippen molar-refractivity contribution in [3.8, 4) is 5.75 Å². The molecule has 1 unspecified atom stereocenters. The maximum Gasteiger partial charge on any atom is 0.123 e. The standard InChI is InChI=1S/C16H26N2O/c1-13-7-8-16(19-3)14(10-13)12-18-9-5-4-6-15(18)11-17-2/h7-8,10,15,17H,4-6,9,11-12H2,1-3H3. The zero-order valence-electron chi connectivity index (χ0n) is 12.4. The predicted octanol–water partition coefficient (Wildman–Crippen LogP) is 2.58. The molecule has 1 aromatic carbocycles. The SMILES string of the molecule is CNCC1CCCCN1Cc1cc(C)ccc1OC. The van der Waals surface area contributed by atoms with Crippen LogP contribution in [0.2, 0.25) is 0 Å². The van der Waals surface area contributed by atoms with E-state index in [0.29, 0.717) is 6.04 Å². The lowest BCUT2D eigenvalue weighted by Crippen LogP contribution is -2.44. The van der Waals surface area contributed by atoms with Crippen molar-refractivity contribution < 1.29 is 4.74 Å². The van der Waals surface area contributed by atoms with E-state index >= 15 is 0 Å². The van der Waals surface area contributed by atoms with Crippen LogP contribution in [0.15, 0.2) is 18.2 Å². The van der Waals surface area contributed by atoms with Crippen LogP contribution >= 0.6 is 0 Å². The summed E-state index contributed by atoms with van der Waals surface area (Å²) in [4.78, 5) is 2.59. The molecule has 1 saturated heterocycles. The van der Waals surface area contributed by atoms with E-state index in [1.54, 1.807) is 7.11 Å². The first kappa shape index (κ1) is 14.4. The number of ether oxygens (including phenoxy) is 1. The van der Waals surface area contributed by atoms with Crippen molar-refractivity contribution in [2.45, 2.75) is 38.8 Å². The third kappa shape index (κ3) is 3.71. The first-order valence-electron chi connectivity index (χ1n) is 7.26. The van der Waals surface area contributed by atoms with Crippen molar-refractivity contribution in [2.24, 2.45) is 0 Å². The van der Waals surface area contributed by atoms with E-state index in [0.717, 1.165) is 18.8 Å². The fourth-order valence-electron chi connectivity index (χ4n) is 2.98. The van der Waals surface area contributed by atoms with Crippen LogP contribution in [-0.2, 0) is 6.54 Å². The molecular weight excluding hydrogens is 236 g/mol. The molecule has 0 amide bonds. The Labute approximate surface area is 116 Å². The zero-order chi connectivity index (χ0) is 13.7. The summed E-state index contributed by atoms with van der Waals surface area (Å²) in [5.41, 5.74) is 2.61. The molecule has 1 aromatic rings. The average molecular weight is 262 g/mol. The first-order chi connectivity index (χ1) is 9.24. The summed E-state index contributed by atoms with van der Waals surface area (Å²) >= 11 is 0. The van der Waals surface area contributed by atoms with Gasteiger partial charge < -0.3 is 10.1 Å². The monoisotopic (exact) mass is 262 g/mol. The van der Waals surface area contributed by atoms with Gasteiger partial charge in [0.05, 0.1) is 7.11 Å². The fraction of sp³-hybridized carbons (Fsp3) is 0.625. The van der Waals surface area contributed by atoms with Crippen molar-refractivity contribution in [3.05, 3.63) is 29.3 Å². The maximum absolute atomic E-state index is 5.49. The van der Waals surface area contributed by atoms with Gasteiger partial charge in [0.2, 0.25) is 0 Å². The first-order valence-corrected chi connectivity index (χ1v) is 7.26. The second kappa shape index (κ2) is 6.92. The lowest BCUT2D eigenvalue weighted by Gasteiger charge is -2.36. The van der Waals surface area contributed by atoms with Gasteiger partial charge in [-0.15, -0.1) is 0 Å². The largest absolute Gasteiger partial charge is 0.496 e. The Bertz CT molecular complexity index is 404. The Morgan fingerprint density at radius 1 is 1.37 bits per heavy atom. The number of likely N-dealkylation sites (tertiary alicyclic amines) is 1. The number of hydrogen-bond donors (Lipinski definition) is 1. The Hall–Kier alpha value is -1.06. The van der Waals surface area contributed by atoms with Gasteiger partial charge in [0.25, 0.3) is 0 Å². The van der Waals surface area contributed by atoms with Crippen molar-refractivity contribution in [3.63, 3.8) is 0 Å². The summed E-state index contributed by atoms with van der Waals surface area (Å²) in [6.45, 7) is 5.42. The Morgan fingerprint density at radius 3 is 2.95 bits per heavy atom. The van der Waals surface area contributed by atoms with Crippen LogP contribution in [0.5, 0.6) is 5.75 Å². The number of rotatable bonds is 5. The molecular formula is C16H26N2O. The highest BCUT2D eigenvalue weighted by molar-refractivity contribution is 5.36. The van der Waals surface area contributed by atoms with Crippen molar-refractivity contribution in [2.75, 3.05) is 27.2 Å². The number of piperidine rings is 1. The molecule has 1 atom stereocenters. The Kier molecular flexibility index (Phi) is 5.23. The highest BCUT2D eigenvalue weighted by Gasteiger charge is 2.22. The number of benzene rings is 1. The summed E-state index contributed by atoms with van der Waals surface area (Å²) in [6.07, 6.45) is 3.97. The maximum atomic E-state index is 5.49. The van der Waals surface area contributed by atoms with Gasteiger partial charge in [-0.2, -0.15) is 0 Å². The fourth-order valence-corrected chi connectivity index (χ4v) is 2.98. The van der Waals surface area contributed by atoms with Crippen molar-refractivity contribution in [1.82, 2.24) is 10.2 Å². The van der Waals surface area contributed by atoms with Gasteiger partial charge in [-0.05, 0) is 39.4 Å². The molecule has 3 nitrogen and oxygen atoms in total. The normalized spacial score (nSPS) is 20.5. The molecule has 0 radical (unpaired) electrons. The van der Waals surface area contributed by atoms with E-state index in [1.807, 2.05) is 7.05 Å². The highest BCUT2D eigenvalue weighted by Crippen LogP contribution is 2.25. The third-order valence-corrected chi connectivity index (χ3v) is 4.00. The van der Waals surface area contributed by atoms with Crippen LogP contribution in [-0.4, -0.2) is 38.2 Å². The van der Waals surface area contributed by atoms with Crippen LogP contribution in [0.25, 0.3) is 0 Å². The van der Waals surface area contributed by atoms with Gasteiger partial charge in [0.1, 0.15) is 5.75 Å². The predicted molar refractivity (Wildman–Crippen MR) is 79.7 cm³/mol. The highest BCUT2D eigenvalue weighted by atomic mass is 16.5. The molecule has 1 heterocycles. The molecule has 3 heteroatoms. The number of hydrogen-bond acceptors (Lipinski definition) is 3.